The Bertz CT molecular complexity index is 931. The van der Waals surface area contributed by atoms with Crippen molar-refractivity contribution < 1.29 is 19.1 Å². The van der Waals surface area contributed by atoms with E-state index in [-0.39, 0.29) is 29.7 Å². The summed E-state index contributed by atoms with van der Waals surface area (Å²) >= 11 is 2.69. The second kappa shape index (κ2) is 9.22. The lowest BCUT2D eigenvalue weighted by atomic mass is 10.1. The van der Waals surface area contributed by atoms with E-state index in [0.717, 1.165) is 24.2 Å². The first-order chi connectivity index (χ1) is 14.5. The number of benzene rings is 1. The van der Waals surface area contributed by atoms with Crippen LogP contribution in [0.2, 0.25) is 0 Å². The predicted molar refractivity (Wildman–Crippen MR) is 115 cm³/mol. The summed E-state index contributed by atoms with van der Waals surface area (Å²) in [5, 5.41) is 11.9. The highest BCUT2D eigenvalue weighted by Gasteiger charge is 2.35. The highest BCUT2D eigenvalue weighted by molar-refractivity contribution is 8.01. The first-order valence-corrected chi connectivity index (χ1v) is 11.8. The monoisotopic (exact) mass is 448 g/mol. The Kier molecular flexibility index (Phi) is 6.43. The summed E-state index contributed by atoms with van der Waals surface area (Å²) in [6.07, 6.45) is 2.46. The van der Waals surface area contributed by atoms with Gasteiger partial charge in [0.25, 0.3) is 0 Å². The number of amides is 2. The maximum absolute atomic E-state index is 12.4. The van der Waals surface area contributed by atoms with E-state index >= 15 is 0 Å². The molecular weight excluding hydrogens is 424 g/mol. The van der Waals surface area contributed by atoms with Gasteiger partial charge in [-0.2, -0.15) is 0 Å². The minimum atomic E-state index is -0.161. The zero-order valence-electron chi connectivity index (χ0n) is 16.9. The van der Waals surface area contributed by atoms with Gasteiger partial charge in [-0.25, -0.2) is 0 Å². The van der Waals surface area contributed by atoms with Crippen LogP contribution in [0.15, 0.2) is 22.5 Å². The fourth-order valence-corrected chi connectivity index (χ4v) is 4.89. The van der Waals surface area contributed by atoms with Gasteiger partial charge in [-0.15, -0.1) is 10.2 Å². The van der Waals surface area contributed by atoms with Crippen molar-refractivity contribution in [1.29, 1.82) is 0 Å². The Balaban J connectivity index is 1.31. The molecule has 0 bridgehead atoms. The molecule has 8 nitrogen and oxygen atoms in total. The molecule has 1 aliphatic heterocycles. The van der Waals surface area contributed by atoms with E-state index in [0.29, 0.717) is 34.9 Å². The van der Waals surface area contributed by atoms with Crippen molar-refractivity contribution in [2.75, 3.05) is 23.9 Å². The smallest absolute Gasteiger partial charge is 0.230 e. The summed E-state index contributed by atoms with van der Waals surface area (Å²) in [6, 6.07) is 5.79. The Morgan fingerprint density at radius 1 is 1.27 bits per heavy atom. The molecule has 1 fully saturated rings. The molecule has 30 heavy (non-hydrogen) atoms. The summed E-state index contributed by atoms with van der Waals surface area (Å²) in [4.78, 5) is 26.4. The van der Waals surface area contributed by atoms with Crippen LogP contribution in [0.5, 0.6) is 11.5 Å². The normalized spacial score (nSPS) is 16.1. The van der Waals surface area contributed by atoms with Gasteiger partial charge in [0.15, 0.2) is 15.8 Å². The molecule has 1 saturated carbocycles. The van der Waals surface area contributed by atoms with Crippen molar-refractivity contribution in [3.63, 3.8) is 0 Å². The molecular formula is C20H24N4O4S2. The van der Waals surface area contributed by atoms with Crippen LogP contribution in [0.4, 0.5) is 5.13 Å². The molecule has 1 aliphatic carbocycles. The van der Waals surface area contributed by atoms with E-state index in [1.54, 1.807) is 4.90 Å². The van der Waals surface area contributed by atoms with Crippen LogP contribution in [-0.4, -0.2) is 47.0 Å². The van der Waals surface area contributed by atoms with E-state index in [4.69, 9.17) is 9.47 Å². The quantitative estimate of drug-likeness (QED) is 0.490. The third kappa shape index (κ3) is 4.86. The van der Waals surface area contributed by atoms with Crippen LogP contribution in [0.1, 0.15) is 44.7 Å². The minimum Gasteiger partial charge on any atom is -0.486 e. The zero-order valence-corrected chi connectivity index (χ0v) is 18.6. The number of rotatable bonds is 8. The van der Waals surface area contributed by atoms with Gasteiger partial charge in [0.05, 0.1) is 11.8 Å². The van der Waals surface area contributed by atoms with E-state index in [9.17, 15) is 9.59 Å². The van der Waals surface area contributed by atoms with Gasteiger partial charge in [0.2, 0.25) is 16.9 Å². The number of nitrogens with one attached hydrogen (secondary N) is 1. The molecule has 10 heteroatoms. The number of hydrogen-bond donors (Lipinski definition) is 1. The summed E-state index contributed by atoms with van der Waals surface area (Å²) in [6.45, 7) is 4.86. The molecule has 0 unspecified atom stereocenters. The van der Waals surface area contributed by atoms with Crippen LogP contribution in [0.3, 0.4) is 0 Å². The third-order valence-corrected chi connectivity index (χ3v) is 6.91. The van der Waals surface area contributed by atoms with Crippen LogP contribution >= 0.6 is 23.1 Å². The zero-order chi connectivity index (χ0) is 21.1. The topological polar surface area (TPSA) is 93.7 Å². The maximum atomic E-state index is 12.4. The lowest BCUT2D eigenvalue weighted by molar-refractivity contribution is -0.119. The first kappa shape index (κ1) is 20.9. The molecule has 0 spiro atoms. The third-order valence-electron chi connectivity index (χ3n) is 4.86. The summed E-state index contributed by atoms with van der Waals surface area (Å²) in [5.74, 6) is 1.64. The van der Waals surface area contributed by atoms with Crippen LogP contribution < -0.4 is 19.7 Å². The molecule has 1 aromatic heterocycles. The fraction of sp³-hybridized carbons (Fsp3) is 0.500. The first-order valence-electron chi connectivity index (χ1n) is 10.0. The lowest BCUT2D eigenvalue weighted by Gasteiger charge is -2.21. The maximum Gasteiger partial charge on any atom is 0.230 e. The summed E-state index contributed by atoms with van der Waals surface area (Å²) in [5.41, 5.74) is 0.953. The number of ether oxygens (including phenoxy) is 2. The lowest BCUT2D eigenvalue weighted by Crippen LogP contribution is -2.32. The van der Waals surface area contributed by atoms with Gasteiger partial charge >= 0.3 is 0 Å². The Morgan fingerprint density at radius 3 is 2.77 bits per heavy atom. The van der Waals surface area contributed by atoms with Crippen molar-refractivity contribution in [2.45, 2.75) is 49.5 Å². The fourth-order valence-electron chi connectivity index (χ4n) is 3.15. The highest BCUT2D eigenvalue weighted by Crippen LogP contribution is 2.36. The number of carbonyl (C=O) groups is 2. The molecule has 0 saturated heterocycles. The van der Waals surface area contributed by atoms with Crippen molar-refractivity contribution >= 4 is 40.0 Å². The molecule has 2 aliphatic rings. The number of aromatic nitrogens is 2. The van der Waals surface area contributed by atoms with E-state index in [1.165, 1.54) is 23.1 Å². The van der Waals surface area contributed by atoms with Crippen LogP contribution in [-0.2, 0) is 9.59 Å². The van der Waals surface area contributed by atoms with Crippen LogP contribution in [0, 0.1) is 0 Å². The Hall–Kier alpha value is -2.33. The molecule has 1 atom stereocenters. The van der Waals surface area contributed by atoms with Crippen molar-refractivity contribution in [3.05, 3.63) is 23.8 Å². The van der Waals surface area contributed by atoms with Gasteiger partial charge in [0, 0.05) is 12.5 Å². The van der Waals surface area contributed by atoms with Gasteiger partial charge in [-0.3, -0.25) is 14.5 Å². The summed E-state index contributed by atoms with van der Waals surface area (Å²) < 4.78 is 11.8. The largest absolute Gasteiger partial charge is 0.486 e. The SMILES string of the molecule is CCC(=O)N(c1nnc(SCC(=O)N[C@H](C)c2ccc3c(c2)OCCO3)s1)C1CC1. The number of carbonyl (C=O) groups excluding carboxylic acids is 2. The molecule has 2 heterocycles. The standard InChI is InChI=1S/C20H24N4O4S2/c1-3-18(26)24(14-5-6-14)19-22-23-20(30-19)29-11-17(25)21-12(2)13-4-7-15-16(10-13)28-9-8-27-15/h4,7,10,12,14H,3,5-6,8-9,11H2,1-2H3,(H,21,25)/t12-/m1/s1. The van der Waals surface area contributed by atoms with Crippen molar-refractivity contribution in [2.24, 2.45) is 0 Å². The van der Waals surface area contributed by atoms with Gasteiger partial charge < -0.3 is 14.8 Å². The van der Waals surface area contributed by atoms with E-state index in [2.05, 4.69) is 15.5 Å². The number of fused-ring (bicyclic) bond motifs is 1. The Morgan fingerprint density at radius 2 is 2.03 bits per heavy atom. The number of nitrogens with zero attached hydrogens (tertiary/aromatic N) is 3. The number of anilines is 1. The molecule has 2 aromatic rings. The van der Waals surface area contributed by atoms with Gasteiger partial charge in [-0.1, -0.05) is 36.1 Å². The van der Waals surface area contributed by atoms with Crippen LogP contribution in [0.25, 0.3) is 0 Å². The molecule has 2 amide bonds. The molecule has 160 valence electrons. The average Bonchev–Trinajstić information content (AvgIpc) is 3.48. The van der Waals surface area contributed by atoms with Crippen molar-refractivity contribution in [1.82, 2.24) is 15.5 Å². The number of thioether (sulfide) groups is 1. The average molecular weight is 449 g/mol. The van der Waals surface area contributed by atoms with Crippen molar-refractivity contribution in [3.8, 4) is 11.5 Å². The molecule has 1 N–H and O–H groups in total. The van der Waals surface area contributed by atoms with E-state index < -0.39 is 0 Å². The highest BCUT2D eigenvalue weighted by atomic mass is 32.2. The number of hydrogen-bond acceptors (Lipinski definition) is 8. The van der Waals surface area contributed by atoms with E-state index in [1.807, 2.05) is 32.0 Å². The Labute approximate surface area is 183 Å². The predicted octanol–water partition coefficient (Wildman–Crippen LogP) is 3.18. The molecule has 0 radical (unpaired) electrons. The second-order valence-electron chi connectivity index (χ2n) is 7.18. The minimum absolute atomic E-state index is 0.0659. The summed E-state index contributed by atoms with van der Waals surface area (Å²) in [7, 11) is 0. The molecule has 1 aromatic carbocycles. The second-order valence-corrected chi connectivity index (χ2v) is 9.36. The van der Waals surface area contributed by atoms with Gasteiger partial charge in [-0.05, 0) is 37.5 Å². The molecule has 4 rings (SSSR count). The van der Waals surface area contributed by atoms with Gasteiger partial charge in [0.1, 0.15) is 13.2 Å².